The summed E-state index contributed by atoms with van der Waals surface area (Å²) in [6, 6.07) is 14.3. The Kier molecular flexibility index (Phi) is 6.59. The lowest BCUT2D eigenvalue weighted by Crippen LogP contribution is -2.23. The van der Waals surface area contributed by atoms with Crippen molar-refractivity contribution < 1.29 is 4.79 Å². The Labute approximate surface area is 157 Å². The Morgan fingerprint density at radius 2 is 1.96 bits per heavy atom. The number of hydrogen-bond acceptors (Lipinski definition) is 3. The fourth-order valence-corrected chi connectivity index (χ4v) is 4.63. The molecular formula is C20H24N2OS2. The second kappa shape index (κ2) is 9.11. The van der Waals surface area contributed by atoms with Gasteiger partial charge in [0.1, 0.15) is 5.00 Å². The number of nitrogens with zero attached hydrogens (tertiary/aromatic N) is 1. The van der Waals surface area contributed by atoms with E-state index in [1.165, 1.54) is 40.8 Å². The van der Waals surface area contributed by atoms with E-state index in [4.69, 9.17) is 0 Å². The van der Waals surface area contributed by atoms with Gasteiger partial charge in [0.2, 0.25) is 0 Å². The zero-order valence-corrected chi connectivity index (χ0v) is 16.2. The van der Waals surface area contributed by atoms with E-state index < -0.39 is 0 Å². The van der Waals surface area contributed by atoms with Crippen LogP contribution in [-0.4, -0.2) is 28.5 Å². The molecule has 3 nitrogen and oxygen atoms in total. The number of aromatic nitrogens is 1. The van der Waals surface area contributed by atoms with E-state index in [-0.39, 0.29) is 5.91 Å². The van der Waals surface area contributed by atoms with Crippen LogP contribution in [0.1, 0.15) is 35.9 Å². The Hall–Kier alpha value is -1.72. The van der Waals surface area contributed by atoms with Crippen LogP contribution < -0.4 is 5.32 Å². The minimum Gasteiger partial charge on any atom is -0.351 e. The van der Waals surface area contributed by atoms with Crippen molar-refractivity contribution in [3.63, 3.8) is 0 Å². The van der Waals surface area contributed by atoms with Gasteiger partial charge >= 0.3 is 0 Å². The second-order valence-corrected chi connectivity index (χ2v) is 8.24. The van der Waals surface area contributed by atoms with Crippen molar-refractivity contribution in [3.05, 3.63) is 53.5 Å². The van der Waals surface area contributed by atoms with E-state index in [2.05, 4.69) is 41.2 Å². The molecule has 0 saturated heterocycles. The highest BCUT2D eigenvalue weighted by Crippen LogP contribution is 2.26. The highest BCUT2D eigenvalue weighted by molar-refractivity contribution is 7.99. The first kappa shape index (κ1) is 18.1. The number of unbranched alkanes of at least 4 members (excludes halogenated alkanes) is 1. The van der Waals surface area contributed by atoms with Gasteiger partial charge in [0, 0.05) is 12.7 Å². The third-order valence-corrected chi connectivity index (χ3v) is 6.28. The fraction of sp³-hybridized carbons (Fsp3) is 0.350. The van der Waals surface area contributed by atoms with Crippen molar-refractivity contribution in [3.8, 4) is 5.00 Å². The van der Waals surface area contributed by atoms with Crippen LogP contribution in [0.25, 0.3) is 15.9 Å². The number of thioether (sulfide) groups is 1. The molecule has 2 aromatic heterocycles. The highest BCUT2D eigenvalue weighted by Gasteiger charge is 2.11. The Morgan fingerprint density at radius 3 is 2.84 bits per heavy atom. The standard InChI is InChI=1S/C20H24N2OS2/c1-2-3-14-24-15-6-12-21-20(23)18-9-10-19(25-18)22-13-11-16-7-4-5-8-17(16)22/h4-5,7-11,13H,2-3,6,12,14-15H2,1H3,(H,21,23). The van der Waals surface area contributed by atoms with Crippen LogP contribution in [0, 0.1) is 0 Å². The maximum absolute atomic E-state index is 12.3. The zero-order chi connectivity index (χ0) is 17.5. The van der Waals surface area contributed by atoms with E-state index in [1.54, 1.807) is 0 Å². The van der Waals surface area contributed by atoms with E-state index >= 15 is 0 Å². The van der Waals surface area contributed by atoms with Gasteiger partial charge in [-0.15, -0.1) is 11.3 Å². The summed E-state index contributed by atoms with van der Waals surface area (Å²) in [5.74, 6) is 2.38. The molecule has 25 heavy (non-hydrogen) atoms. The molecule has 1 amide bonds. The maximum Gasteiger partial charge on any atom is 0.261 e. The number of nitrogens with one attached hydrogen (secondary N) is 1. The molecule has 0 aliphatic heterocycles. The summed E-state index contributed by atoms with van der Waals surface area (Å²) in [4.78, 5) is 13.1. The van der Waals surface area contributed by atoms with Gasteiger partial charge in [-0.25, -0.2) is 0 Å². The topological polar surface area (TPSA) is 34.0 Å². The quantitative estimate of drug-likeness (QED) is 0.514. The largest absolute Gasteiger partial charge is 0.351 e. The predicted octanol–water partition coefficient (Wildman–Crippen LogP) is 5.35. The first-order chi connectivity index (χ1) is 12.3. The summed E-state index contributed by atoms with van der Waals surface area (Å²) in [6.45, 7) is 2.96. The molecule has 0 saturated carbocycles. The van der Waals surface area contributed by atoms with E-state index in [0.29, 0.717) is 0 Å². The number of hydrogen-bond donors (Lipinski definition) is 1. The summed E-state index contributed by atoms with van der Waals surface area (Å²) in [7, 11) is 0. The van der Waals surface area contributed by atoms with Gasteiger partial charge in [0.25, 0.3) is 5.91 Å². The van der Waals surface area contributed by atoms with Crippen molar-refractivity contribution >= 4 is 39.9 Å². The molecule has 132 valence electrons. The first-order valence-corrected chi connectivity index (χ1v) is 10.8. The molecule has 0 atom stereocenters. The molecule has 0 aliphatic rings. The summed E-state index contributed by atoms with van der Waals surface area (Å²) in [5.41, 5.74) is 1.17. The Morgan fingerprint density at radius 1 is 1.12 bits per heavy atom. The molecule has 3 aromatic rings. The van der Waals surface area contributed by atoms with Gasteiger partial charge in [-0.1, -0.05) is 31.5 Å². The number of para-hydroxylation sites is 1. The molecule has 0 unspecified atom stereocenters. The van der Waals surface area contributed by atoms with Crippen LogP contribution in [0.5, 0.6) is 0 Å². The smallest absolute Gasteiger partial charge is 0.261 e. The van der Waals surface area contributed by atoms with E-state index in [0.717, 1.165) is 28.6 Å². The average Bonchev–Trinajstić information content (AvgIpc) is 3.27. The van der Waals surface area contributed by atoms with Gasteiger partial charge in [-0.3, -0.25) is 4.79 Å². The number of benzene rings is 1. The molecule has 0 spiro atoms. The molecule has 5 heteroatoms. The molecule has 0 bridgehead atoms. The van der Waals surface area contributed by atoms with E-state index in [9.17, 15) is 4.79 Å². The van der Waals surface area contributed by atoms with Gasteiger partial charge in [-0.2, -0.15) is 11.8 Å². The van der Waals surface area contributed by atoms with Gasteiger partial charge in [0.05, 0.1) is 10.4 Å². The predicted molar refractivity (Wildman–Crippen MR) is 110 cm³/mol. The SMILES string of the molecule is CCCCSCCCNC(=O)c1ccc(-n2ccc3ccccc32)s1. The molecule has 3 rings (SSSR count). The summed E-state index contributed by atoms with van der Waals surface area (Å²) >= 11 is 3.51. The lowest BCUT2D eigenvalue weighted by atomic mass is 10.2. The number of fused-ring (bicyclic) bond motifs is 1. The number of rotatable bonds is 9. The molecular weight excluding hydrogens is 348 g/mol. The number of amides is 1. The van der Waals surface area contributed by atoms with Crippen LogP contribution in [0.15, 0.2) is 48.7 Å². The third-order valence-electron chi connectivity index (χ3n) is 4.05. The highest BCUT2D eigenvalue weighted by atomic mass is 32.2. The number of carbonyl (C=O) groups excluding carboxylic acids is 1. The Balaban J connectivity index is 1.53. The minimum atomic E-state index is 0.0336. The normalized spacial score (nSPS) is 11.1. The third kappa shape index (κ3) is 4.67. The molecule has 0 fully saturated rings. The monoisotopic (exact) mass is 372 g/mol. The molecule has 0 aliphatic carbocycles. The van der Waals surface area contributed by atoms with Gasteiger partial charge < -0.3 is 9.88 Å². The number of carbonyl (C=O) groups is 1. The van der Waals surface area contributed by atoms with Crippen molar-refractivity contribution in [1.82, 2.24) is 9.88 Å². The van der Waals surface area contributed by atoms with Crippen molar-refractivity contribution in [1.29, 1.82) is 0 Å². The maximum atomic E-state index is 12.3. The minimum absolute atomic E-state index is 0.0336. The molecule has 2 heterocycles. The van der Waals surface area contributed by atoms with Crippen LogP contribution >= 0.6 is 23.1 Å². The first-order valence-electron chi connectivity index (χ1n) is 8.82. The molecule has 0 radical (unpaired) electrons. The zero-order valence-electron chi connectivity index (χ0n) is 14.5. The lowest BCUT2D eigenvalue weighted by molar-refractivity contribution is 0.0958. The van der Waals surface area contributed by atoms with Crippen molar-refractivity contribution in [2.45, 2.75) is 26.2 Å². The second-order valence-electron chi connectivity index (χ2n) is 5.96. The number of thiophene rings is 1. The average molecular weight is 373 g/mol. The lowest BCUT2D eigenvalue weighted by Gasteiger charge is -2.04. The van der Waals surface area contributed by atoms with Gasteiger partial charge in [0.15, 0.2) is 0 Å². The van der Waals surface area contributed by atoms with Crippen molar-refractivity contribution in [2.75, 3.05) is 18.1 Å². The molecule has 1 N–H and O–H groups in total. The Bertz CT molecular complexity index is 822. The van der Waals surface area contributed by atoms with E-state index in [1.807, 2.05) is 36.0 Å². The summed E-state index contributed by atoms with van der Waals surface area (Å²) < 4.78 is 2.14. The fourth-order valence-electron chi connectivity index (χ4n) is 2.67. The van der Waals surface area contributed by atoms with Gasteiger partial charge in [-0.05, 0) is 54.0 Å². The van der Waals surface area contributed by atoms with Crippen LogP contribution in [0.4, 0.5) is 0 Å². The summed E-state index contributed by atoms with van der Waals surface area (Å²) in [6.07, 6.45) is 5.62. The van der Waals surface area contributed by atoms with Crippen molar-refractivity contribution in [2.24, 2.45) is 0 Å². The summed E-state index contributed by atoms with van der Waals surface area (Å²) in [5, 5.41) is 5.32. The van der Waals surface area contributed by atoms with Crippen LogP contribution in [-0.2, 0) is 0 Å². The molecule has 1 aromatic carbocycles. The van der Waals surface area contributed by atoms with Crippen LogP contribution in [0.3, 0.4) is 0 Å². The van der Waals surface area contributed by atoms with Crippen LogP contribution in [0.2, 0.25) is 0 Å².